The van der Waals surface area contributed by atoms with E-state index >= 15 is 0 Å². The molecule has 0 saturated carbocycles. The molecule has 4 heteroatoms. The minimum absolute atomic E-state index is 0.0564. The third-order valence-electron chi connectivity index (χ3n) is 27.5. The molecule has 0 fully saturated rings. The monoisotopic (exact) mass is 1700 g/mol. The van der Waals surface area contributed by atoms with Crippen LogP contribution in [0.4, 0.5) is 34.1 Å². The Bertz CT molecular complexity index is 8210. The number of nitrogens with zero attached hydrogens (tertiary/aromatic N) is 2. The van der Waals surface area contributed by atoms with E-state index in [1.54, 1.807) is 0 Å². The number of furan rings is 2. The zero-order chi connectivity index (χ0) is 89.9. The fourth-order valence-electron chi connectivity index (χ4n) is 20.5. The third-order valence-corrected chi connectivity index (χ3v) is 27.5. The molecule has 0 N–H and O–H groups in total. The topological polar surface area (TPSA) is 32.8 Å². The van der Waals surface area contributed by atoms with Gasteiger partial charge in [-0.25, -0.2) is 0 Å². The average molecular weight is 1700 g/mol. The maximum atomic E-state index is 6.47. The molecule has 0 amide bonds. The van der Waals surface area contributed by atoms with Crippen LogP contribution in [0.15, 0.2) is 427 Å². The molecule has 4 nitrogen and oxygen atoms in total. The summed E-state index contributed by atoms with van der Waals surface area (Å²) < 4.78 is 12.9. The van der Waals surface area contributed by atoms with E-state index in [0.29, 0.717) is 0 Å². The number of hydrogen-bond donors (Lipinski definition) is 0. The largest absolute Gasteiger partial charge is 0.456 e. The lowest BCUT2D eigenvalue weighted by molar-refractivity contribution is 0.518. The highest BCUT2D eigenvalue weighted by atomic mass is 16.3. The summed E-state index contributed by atoms with van der Waals surface area (Å²) in [5.74, 6) is 0. The maximum Gasteiger partial charge on any atom is 0.136 e. The van der Waals surface area contributed by atoms with Crippen molar-refractivity contribution < 1.29 is 8.83 Å². The van der Waals surface area contributed by atoms with Gasteiger partial charge in [0.15, 0.2) is 0 Å². The van der Waals surface area contributed by atoms with Crippen molar-refractivity contribution in [1.29, 1.82) is 0 Å². The molecule has 2 aromatic heterocycles. The molecule has 0 saturated heterocycles. The summed E-state index contributed by atoms with van der Waals surface area (Å²) in [5, 5.41) is 14.2. The Morgan fingerprint density at radius 3 is 1.02 bits per heavy atom. The van der Waals surface area contributed by atoms with Gasteiger partial charge in [-0.05, 0) is 262 Å². The number of hydrogen-bond acceptors (Lipinski definition) is 4. The SMILES string of the molecule is CC(C)(C)c1cc(-c2cccc3cccc(-c4ccccc4N(c4ccc(-c5cccc6oc7ccccc7c56)cc4)c4cccc(-c5cccc6cc(CC(C)(C)c7cc(-c8cccc9cccc(-c%10ccccc%10N(c%10ccc(-c%11cccc%12ccccc%11%12)cc%10)c%10ccc(-c%11cccc%12oc%13ccccc%13c%11%12)cc%10)c89)cc(C(C)(C)C)c7)ccc56)c4)c23)cc(C(C)(C)C)c1. The molecule has 0 unspecified atom stereocenters. The number of fused-ring (bicyclic) bond motifs is 10. The summed E-state index contributed by atoms with van der Waals surface area (Å²) in [5.41, 5.74) is 34.5. The van der Waals surface area contributed by atoms with Gasteiger partial charge in [0.25, 0.3) is 0 Å². The summed E-state index contributed by atoms with van der Waals surface area (Å²) >= 11 is 0. The van der Waals surface area contributed by atoms with Crippen LogP contribution >= 0.6 is 0 Å². The first-order valence-electron chi connectivity index (χ1n) is 46.4. The van der Waals surface area contributed by atoms with Crippen molar-refractivity contribution in [2.75, 3.05) is 9.80 Å². The van der Waals surface area contributed by atoms with Gasteiger partial charge in [-0.15, -0.1) is 0 Å². The first kappa shape index (κ1) is 82.3. The van der Waals surface area contributed by atoms with E-state index in [9.17, 15) is 0 Å². The van der Waals surface area contributed by atoms with Crippen LogP contribution in [0, 0.1) is 0 Å². The smallest absolute Gasteiger partial charge is 0.136 e. The van der Waals surface area contributed by atoms with Crippen LogP contribution in [-0.4, -0.2) is 0 Å². The lowest BCUT2D eigenvalue weighted by Crippen LogP contribution is -2.22. The molecule has 0 atom stereocenters. The fraction of sp³-hybridized carbons (Fsp3) is 0.125. The van der Waals surface area contributed by atoms with Gasteiger partial charge < -0.3 is 18.6 Å². The molecule has 0 radical (unpaired) electrons. The Kier molecular flexibility index (Phi) is 20.4. The molecule has 638 valence electrons. The zero-order valence-corrected chi connectivity index (χ0v) is 76.8. The van der Waals surface area contributed by atoms with Gasteiger partial charge in [0.1, 0.15) is 22.3 Å². The standard InChI is InChI=1S/C128H104N2O2/c1-125(2,3)93-74-91(75-94(79-93)126(4,5)6)107-47-24-33-87-35-27-52-112(121(87)107)110-42-15-19-54-116(110)130(99-70-64-86(65-71-99)106-50-30-58-120-124(106)114-44-17-21-56-118(114)132-120)100-39-22-37-90(78-100)103-46-28-38-89-73-82(59-72-104(89)103)81-128(10,11)96-77-92(76-95(80-96)127(7,8)9)108-48-25-34-88-36-26-51-111(122(88)108)109-41-14-18-53-115(109)129(97-66-60-84(61-67-97)102-45-23-32-83-31-12-13-40-101(83)102)98-68-62-85(63-69-98)105-49-29-57-119-123(105)113-43-16-20-55-117(113)131-119/h12-80H,81H2,1-11H3. The van der Waals surface area contributed by atoms with Crippen molar-refractivity contribution in [1.82, 2.24) is 0 Å². The van der Waals surface area contributed by atoms with Crippen molar-refractivity contribution in [2.24, 2.45) is 0 Å². The van der Waals surface area contributed by atoms with Gasteiger partial charge in [-0.1, -0.05) is 410 Å². The molecule has 20 aromatic carbocycles. The van der Waals surface area contributed by atoms with Gasteiger partial charge in [0.2, 0.25) is 0 Å². The lowest BCUT2D eigenvalue weighted by Gasteiger charge is -2.30. The number of benzene rings is 20. The van der Waals surface area contributed by atoms with Gasteiger partial charge in [0.05, 0.1) is 11.4 Å². The van der Waals surface area contributed by atoms with Crippen molar-refractivity contribution in [3.63, 3.8) is 0 Å². The molecular weight excluding hydrogens is 1600 g/mol. The summed E-state index contributed by atoms with van der Waals surface area (Å²) in [6.07, 6.45) is 0.819. The van der Waals surface area contributed by atoms with E-state index in [0.717, 1.165) is 129 Å². The second kappa shape index (κ2) is 32.7. The fourth-order valence-corrected chi connectivity index (χ4v) is 20.5. The van der Waals surface area contributed by atoms with Crippen LogP contribution in [0.5, 0.6) is 0 Å². The summed E-state index contributed by atoms with van der Waals surface area (Å²) in [6.45, 7) is 25.9. The predicted molar refractivity (Wildman–Crippen MR) is 563 cm³/mol. The molecule has 22 rings (SSSR count). The summed E-state index contributed by atoms with van der Waals surface area (Å²) in [6, 6.07) is 156. The average Bonchev–Trinajstić information content (AvgIpc) is 1.11. The van der Waals surface area contributed by atoms with Gasteiger partial charge in [0, 0.05) is 55.4 Å². The van der Waals surface area contributed by atoms with Crippen LogP contribution in [0.1, 0.15) is 104 Å². The lowest BCUT2D eigenvalue weighted by atomic mass is 9.74. The van der Waals surface area contributed by atoms with Crippen molar-refractivity contribution in [3.8, 4) is 89.0 Å². The molecule has 0 aliphatic heterocycles. The Balaban J connectivity index is 0.622. The first-order valence-corrected chi connectivity index (χ1v) is 46.4. The van der Waals surface area contributed by atoms with E-state index in [2.05, 4.69) is 492 Å². The Hall–Kier alpha value is -15.4. The van der Waals surface area contributed by atoms with Crippen LogP contribution in [-0.2, 0) is 28.1 Å². The van der Waals surface area contributed by atoms with E-state index in [4.69, 9.17) is 8.83 Å². The summed E-state index contributed by atoms with van der Waals surface area (Å²) in [7, 11) is 0. The van der Waals surface area contributed by atoms with Crippen LogP contribution < -0.4 is 9.80 Å². The molecule has 0 aliphatic carbocycles. The molecule has 0 aliphatic rings. The Morgan fingerprint density at radius 1 is 0.197 bits per heavy atom. The maximum absolute atomic E-state index is 6.47. The molecule has 0 bridgehead atoms. The predicted octanol–water partition coefficient (Wildman–Crippen LogP) is 36.8. The highest BCUT2D eigenvalue weighted by Crippen LogP contribution is 2.52. The minimum Gasteiger partial charge on any atom is -0.456 e. The van der Waals surface area contributed by atoms with Crippen molar-refractivity contribution >= 4 is 121 Å². The van der Waals surface area contributed by atoms with Crippen LogP contribution in [0.2, 0.25) is 0 Å². The molecule has 132 heavy (non-hydrogen) atoms. The quantitative estimate of drug-likeness (QED) is 0.0910. The van der Waals surface area contributed by atoms with E-state index in [1.165, 1.54) is 115 Å². The van der Waals surface area contributed by atoms with Gasteiger partial charge in [-0.2, -0.15) is 0 Å². The van der Waals surface area contributed by atoms with E-state index in [-0.39, 0.29) is 21.7 Å². The van der Waals surface area contributed by atoms with Crippen molar-refractivity contribution in [2.45, 2.75) is 104 Å². The minimum atomic E-state index is -0.298. The Morgan fingerprint density at radius 2 is 0.530 bits per heavy atom. The third kappa shape index (κ3) is 15.0. The second-order valence-corrected chi connectivity index (χ2v) is 39.7. The highest BCUT2D eigenvalue weighted by molar-refractivity contribution is 6.16. The second-order valence-electron chi connectivity index (χ2n) is 39.7. The molecule has 2 heterocycles. The van der Waals surface area contributed by atoms with E-state index in [1.807, 2.05) is 12.1 Å². The zero-order valence-electron chi connectivity index (χ0n) is 76.8. The van der Waals surface area contributed by atoms with Crippen molar-refractivity contribution in [3.05, 3.63) is 446 Å². The molecule has 0 spiro atoms. The first-order chi connectivity index (χ1) is 64.1. The summed E-state index contributed by atoms with van der Waals surface area (Å²) in [4.78, 5) is 4.93. The van der Waals surface area contributed by atoms with Crippen LogP contribution in [0.3, 0.4) is 0 Å². The molecule has 22 aromatic rings. The number of anilines is 6. The molecular formula is C128H104N2O2. The normalized spacial score (nSPS) is 12.2. The van der Waals surface area contributed by atoms with Gasteiger partial charge >= 0.3 is 0 Å². The number of rotatable bonds is 17. The Labute approximate surface area is 774 Å². The highest BCUT2D eigenvalue weighted by Gasteiger charge is 2.31. The van der Waals surface area contributed by atoms with Crippen LogP contribution in [0.25, 0.3) is 176 Å². The van der Waals surface area contributed by atoms with E-state index < -0.39 is 0 Å². The van der Waals surface area contributed by atoms with Gasteiger partial charge in [-0.3, -0.25) is 0 Å². The number of para-hydroxylation sites is 4.